The minimum absolute atomic E-state index is 0.637. The van der Waals surface area contributed by atoms with Crippen molar-refractivity contribution in [2.24, 2.45) is 0 Å². The Morgan fingerprint density at radius 3 is 2.40 bits per heavy atom. The van der Waals surface area contributed by atoms with E-state index in [4.69, 9.17) is 9.47 Å². The van der Waals surface area contributed by atoms with Gasteiger partial charge < -0.3 is 14.8 Å². The maximum atomic E-state index is 5.45. The lowest BCUT2D eigenvalue weighted by Gasteiger charge is -2.12. The Labute approximate surface area is 120 Å². The van der Waals surface area contributed by atoms with E-state index in [0.29, 0.717) is 19.8 Å². The van der Waals surface area contributed by atoms with Crippen LogP contribution in [0.15, 0.2) is 54.6 Å². The number of hydrogen-bond acceptors (Lipinski definition) is 3. The van der Waals surface area contributed by atoms with Crippen LogP contribution in [0.1, 0.15) is 0 Å². The van der Waals surface area contributed by atoms with Crippen LogP contribution >= 0.6 is 0 Å². The van der Waals surface area contributed by atoms with Crippen molar-refractivity contribution in [3.8, 4) is 11.1 Å². The van der Waals surface area contributed by atoms with Crippen molar-refractivity contribution in [1.29, 1.82) is 0 Å². The van der Waals surface area contributed by atoms with Gasteiger partial charge in [-0.05, 0) is 11.6 Å². The lowest BCUT2D eigenvalue weighted by atomic mass is 10.0. The number of nitrogens with one attached hydrogen (secondary N) is 1. The van der Waals surface area contributed by atoms with E-state index in [2.05, 4.69) is 47.8 Å². The fourth-order valence-electron chi connectivity index (χ4n) is 2.01. The number of hydrogen-bond donors (Lipinski definition) is 1. The van der Waals surface area contributed by atoms with E-state index >= 15 is 0 Å². The van der Waals surface area contributed by atoms with E-state index in [1.165, 1.54) is 11.1 Å². The molecule has 2 aromatic rings. The molecule has 3 nitrogen and oxygen atoms in total. The van der Waals surface area contributed by atoms with Crippen LogP contribution in [0.5, 0.6) is 0 Å². The molecular formula is C17H21NO2. The van der Waals surface area contributed by atoms with E-state index in [0.717, 1.165) is 12.2 Å². The van der Waals surface area contributed by atoms with Crippen LogP contribution in [-0.2, 0) is 9.47 Å². The number of benzene rings is 2. The number of methoxy groups -OCH3 is 1. The smallest absolute Gasteiger partial charge is 0.0701 e. The van der Waals surface area contributed by atoms with Crippen molar-refractivity contribution in [2.75, 3.05) is 38.8 Å². The fraction of sp³-hybridized carbons (Fsp3) is 0.294. The highest BCUT2D eigenvalue weighted by Gasteiger charge is 2.02. The number of ether oxygens (including phenoxy) is 2. The number of para-hydroxylation sites is 1. The van der Waals surface area contributed by atoms with Crippen molar-refractivity contribution in [1.82, 2.24) is 0 Å². The van der Waals surface area contributed by atoms with E-state index in [1.54, 1.807) is 7.11 Å². The van der Waals surface area contributed by atoms with Crippen LogP contribution in [0.2, 0.25) is 0 Å². The molecule has 0 aliphatic heterocycles. The summed E-state index contributed by atoms with van der Waals surface area (Å²) in [6.07, 6.45) is 0. The second-order valence-electron chi connectivity index (χ2n) is 4.44. The fourth-order valence-corrected chi connectivity index (χ4v) is 2.01. The average molecular weight is 271 g/mol. The molecular weight excluding hydrogens is 250 g/mol. The largest absolute Gasteiger partial charge is 0.382 e. The summed E-state index contributed by atoms with van der Waals surface area (Å²) in [6.45, 7) is 2.74. The van der Waals surface area contributed by atoms with Crippen molar-refractivity contribution in [2.45, 2.75) is 0 Å². The van der Waals surface area contributed by atoms with E-state index in [9.17, 15) is 0 Å². The lowest BCUT2D eigenvalue weighted by Crippen LogP contribution is -2.12. The topological polar surface area (TPSA) is 30.5 Å². The van der Waals surface area contributed by atoms with Gasteiger partial charge in [-0.15, -0.1) is 0 Å². The van der Waals surface area contributed by atoms with Crippen molar-refractivity contribution in [3.05, 3.63) is 54.6 Å². The molecule has 0 aliphatic carbocycles. The Kier molecular flexibility index (Phi) is 6.08. The molecule has 3 heteroatoms. The first-order valence-corrected chi connectivity index (χ1v) is 6.87. The third-order valence-electron chi connectivity index (χ3n) is 3.01. The molecule has 0 aliphatic rings. The average Bonchev–Trinajstić information content (AvgIpc) is 2.52. The molecule has 0 saturated heterocycles. The lowest BCUT2D eigenvalue weighted by molar-refractivity contribution is 0.0759. The van der Waals surface area contributed by atoms with Gasteiger partial charge in [0, 0.05) is 24.9 Å². The van der Waals surface area contributed by atoms with Gasteiger partial charge >= 0.3 is 0 Å². The Balaban J connectivity index is 1.92. The van der Waals surface area contributed by atoms with E-state index in [-0.39, 0.29) is 0 Å². The third-order valence-corrected chi connectivity index (χ3v) is 3.01. The van der Waals surface area contributed by atoms with Gasteiger partial charge in [0.05, 0.1) is 19.8 Å². The third kappa shape index (κ3) is 4.37. The van der Waals surface area contributed by atoms with Crippen molar-refractivity contribution < 1.29 is 9.47 Å². The Morgan fingerprint density at radius 1 is 0.850 bits per heavy atom. The maximum Gasteiger partial charge on any atom is 0.0701 e. The van der Waals surface area contributed by atoms with Gasteiger partial charge in [-0.1, -0.05) is 48.5 Å². The van der Waals surface area contributed by atoms with Crippen LogP contribution in [0.3, 0.4) is 0 Å². The molecule has 0 spiro atoms. The number of anilines is 1. The molecule has 0 atom stereocenters. The molecule has 0 heterocycles. The second-order valence-corrected chi connectivity index (χ2v) is 4.44. The summed E-state index contributed by atoms with van der Waals surface area (Å²) in [7, 11) is 1.68. The molecule has 106 valence electrons. The summed E-state index contributed by atoms with van der Waals surface area (Å²) in [4.78, 5) is 0. The zero-order valence-electron chi connectivity index (χ0n) is 11.8. The summed E-state index contributed by atoms with van der Waals surface area (Å²) in [6, 6.07) is 18.7. The van der Waals surface area contributed by atoms with E-state index < -0.39 is 0 Å². The first kappa shape index (κ1) is 14.6. The maximum absolute atomic E-state index is 5.45. The molecule has 0 amide bonds. The predicted molar refractivity (Wildman–Crippen MR) is 83.1 cm³/mol. The molecule has 0 unspecified atom stereocenters. The van der Waals surface area contributed by atoms with Crippen molar-refractivity contribution >= 4 is 5.69 Å². The van der Waals surface area contributed by atoms with Gasteiger partial charge in [0.25, 0.3) is 0 Å². The molecule has 20 heavy (non-hydrogen) atoms. The van der Waals surface area contributed by atoms with Gasteiger partial charge in [0.1, 0.15) is 0 Å². The Bertz CT molecular complexity index is 499. The highest BCUT2D eigenvalue weighted by Crippen LogP contribution is 2.27. The summed E-state index contributed by atoms with van der Waals surface area (Å²) < 4.78 is 10.4. The summed E-state index contributed by atoms with van der Waals surface area (Å²) in [5.74, 6) is 0. The summed E-state index contributed by atoms with van der Waals surface area (Å²) in [5, 5.41) is 3.42. The molecule has 0 saturated carbocycles. The number of rotatable bonds is 8. The molecule has 2 rings (SSSR count). The van der Waals surface area contributed by atoms with E-state index in [1.807, 2.05) is 12.1 Å². The molecule has 0 radical (unpaired) electrons. The Hall–Kier alpha value is -1.84. The van der Waals surface area contributed by atoms with Gasteiger partial charge in [0.15, 0.2) is 0 Å². The first-order valence-electron chi connectivity index (χ1n) is 6.87. The molecule has 2 aromatic carbocycles. The normalized spacial score (nSPS) is 10.4. The monoisotopic (exact) mass is 271 g/mol. The SMILES string of the molecule is COCCOCCNc1ccccc1-c1ccccc1. The highest BCUT2D eigenvalue weighted by atomic mass is 16.5. The van der Waals surface area contributed by atoms with Crippen LogP contribution < -0.4 is 5.32 Å². The van der Waals surface area contributed by atoms with Gasteiger partial charge in [-0.25, -0.2) is 0 Å². The first-order chi connectivity index (χ1) is 9.92. The van der Waals surface area contributed by atoms with Crippen LogP contribution in [-0.4, -0.2) is 33.5 Å². The zero-order valence-corrected chi connectivity index (χ0v) is 11.8. The van der Waals surface area contributed by atoms with Gasteiger partial charge in [0.2, 0.25) is 0 Å². The predicted octanol–water partition coefficient (Wildman–Crippen LogP) is 3.43. The quantitative estimate of drug-likeness (QED) is 0.746. The summed E-state index contributed by atoms with van der Waals surface area (Å²) >= 11 is 0. The molecule has 0 bridgehead atoms. The van der Waals surface area contributed by atoms with Crippen molar-refractivity contribution in [3.63, 3.8) is 0 Å². The minimum Gasteiger partial charge on any atom is -0.382 e. The standard InChI is InChI=1S/C17H21NO2/c1-19-13-14-20-12-11-18-17-10-6-5-9-16(17)15-7-3-2-4-8-15/h2-10,18H,11-14H2,1H3. The molecule has 1 N–H and O–H groups in total. The van der Waals surface area contributed by atoms with Gasteiger partial charge in [-0.2, -0.15) is 0 Å². The zero-order chi connectivity index (χ0) is 14.0. The van der Waals surface area contributed by atoms with Crippen LogP contribution in [0.25, 0.3) is 11.1 Å². The van der Waals surface area contributed by atoms with Gasteiger partial charge in [-0.3, -0.25) is 0 Å². The summed E-state index contributed by atoms with van der Waals surface area (Å²) in [5.41, 5.74) is 3.56. The highest BCUT2D eigenvalue weighted by molar-refractivity contribution is 5.77. The molecule has 0 aromatic heterocycles. The van der Waals surface area contributed by atoms with Crippen LogP contribution in [0.4, 0.5) is 5.69 Å². The molecule has 0 fully saturated rings. The van der Waals surface area contributed by atoms with Crippen LogP contribution in [0, 0.1) is 0 Å². The second kappa shape index (κ2) is 8.35. The Morgan fingerprint density at radius 2 is 1.60 bits per heavy atom. The minimum atomic E-state index is 0.637.